The van der Waals surface area contributed by atoms with Crippen molar-refractivity contribution in [2.24, 2.45) is 0 Å². The molecule has 0 saturated carbocycles. The van der Waals surface area contributed by atoms with Crippen LogP contribution in [0.4, 0.5) is 10.1 Å². The van der Waals surface area contributed by atoms with E-state index < -0.39 is 11.8 Å². The lowest BCUT2D eigenvalue weighted by Crippen LogP contribution is -2.26. The number of carboxylic acids is 1. The summed E-state index contributed by atoms with van der Waals surface area (Å²) in [6.07, 6.45) is 2.16. The first kappa shape index (κ1) is 12.2. The standard InChI is InChI=1S/C12H14FNO2S/c13-8-3-4-11(10(6-8)12(15)16)14-9-2-1-5-17-7-9/h3-4,6,9,14H,1-2,5,7H2,(H,15,16). The van der Waals surface area contributed by atoms with Crippen LogP contribution in [-0.2, 0) is 0 Å². The van der Waals surface area contributed by atoms with E-state index in [9.17, 15) is 9.18 Å². The monoisotopic (exact) mass is 255 g/mol. The average molecular weight is 255 g/mol. The van der Waals surface area contributed by atoms with Gasteiger partial charge >= 0.3 is 5.97 Å². The number of carbonyl (C=O) groups is 1. The lowest BCUT2D eigenvalue weighted by atomic mass is 10.1. The molecule has 1 aromatic carbocycles. The fourth-order valence-corrected chi connectivity index (χ4v) is 2.97. The van der Waals surface area contributed by atoms with Gasteiger partial charge < -0.3 is 10.4 Å². The van der Waals surface area contributed by atoms with Crippen molar-refractivity contribution in [3.63, 3.8) is 0 Å². The Morgan fingerprint density at radius 2 is 2.35 bits per heavy atom. The predicted octanol–water partition coefficient (Wildman–Crippen LogP) is 2.83. The molecular formula is C12H14FNO2S. The number of benzene rings is 1. The van der Waals surface area contributed by atoms with Crippen molar-refractivity contribution in [3.8, 4) is 0 Å². The van der Waals surface area contributed by atoms with Crippen LogP contribution in [0.15, 0.2) is 18.2 Å². The molecule has 1 atom stereocenters. The van der Waals surface area contributed by atoms with E-state index in [1.54, 1.807) is 0 Å². The molecule has 1 heterocycles. The first-order chi connectivity index (χ1) is 8.16. The summed E-state index contributed by atoms with van der Waals surface area (Å²) in [6, 6.07) is 4.11. The molecule has 1 fully saturated rings. The maximum atomic E-state index is 13.0. The number of halogens is 1. The van der Waals surface area contributed by atoms with Crippen molar-refractivity contribution in [2.45, 2.75) is 18.9 Å². The lowest BCUT2D eigenvalue weighted by Gasteiger charge is -2.24. The summed E-state index contributed by atoms with van der Waals surface area (Å²) in [5, 5.41) is 12.2. The third-order valence-electron chi connectivity index (χ3n) is 2.73. The molecule has 1 saturated heterocycles. The van der Waals surface area contributed by atoms with Gasteiger partial charge in [0, 0.05) is 17.5 Å². The Bertz CT molecular complexity index is 419. The number of hydrogen-bond acceptors (Lipinski definition) is 3. The molecule has 1 unspecified atom stereocenters. The summed E-state index contributed by atoms with van der Waals surface area (Å²) in [5.41, 5.74) is 0.506. The zero-order valence-electron chi connectivity index (χ0n) is 9.28. The summed E-state index contributed by atoms with van der Waals surface area (Å²) in [7, 11) is 0. The van der Waals surface area contributed by atoms with Gasteiger partial charge in [-0.15, -0.1) is 0 Å². The molecule has 1 aliphatic heterocycles. The minimum absolute atomic E-state index is 0.000531. The van der Waals surface area contributed by atoms with E-state index in [-0.39, 0.29) is 11.6 Å². The number of anilines is 1. The number of rotatable bonds is 3. The highest BCUT2D eigenvalue weighted by molar-refractivity contribution is 7.99. The zero-order chi connectivity index (χ0) is 12.3. The van der Waals surface area contributed by atoms with Crippen LogP contribution in [0.3, 0.4) is 0 Å². The third kappa shape index (κ3) is 3.12. The van der Waals surface area contributed by atoms with Gasteiger partial charge in [-0.3, -0.25) is 0 Å². The second kappa shape index (κ2) is 5.40. The highest BCUT2D eigenvalue weighted by Gasteiger charge is 2.17. The van der Waals surface area contributed by atoms with Crippen LogP contribution in [0.5, 0.6) is 0 Å². The van der Waals surface area contributed by atoms with Gasteiger partial charge in [-0.25, -0.2) is 9.18 Å². The number of carboxylic acid groups (broad SMARTS) is 1. The summed E-state index contributed by atoms with van der Waals surface area (Å²) in [4.78, 5) is 11.0. The first-order valence-corrected chi connectivity index (χ1v) is 6.69. The van der Waals surface area contributed by atoms with Crippen LogP contribution in [0.1, 0.15) is 23.2 Å². The van der Waals surface area contributed by atoms with Crippen molar-refractivity contribution in [3.05, 3.63) is 29.6 Å². The van der Waals surface area contributed by atoms with Crippen LogP contribution < -0.4 is 5.32 Å². The van der Waals surface area contributed by atoms with Crippen LogP contribution in [-0.4, -0.2) is 28.6 Å². The van der Waals surface area contributed by atoms with Gasteiger partial charge in [-0.2, -0.15) is 11.8 Å². The fourth-order valence-electron chi connectivity index (χ4n) is 1.89. The summed E-state index contributed by atoms with van der Waals surface area (Å²) in [6.45, 7) is 0. The van der Waals surface area contributed by atoms with E-state index in [2.05, 4.69) is 5.32 Å². The van der Waals surface area contributed by atoms with E-state index >= 15 is 0 Å². The van der Waals surface area contributed by atoms with Gasteiger partial charge in [-0.05, 0) is 36.8 Å². The lowest BCUT2D eigenvalue weighted by molar-refractivity contribution is 0.0697. The normalized spacial score (nSPS) is 19.9. The van der Waals surface area contributed by atoms with Crippen LogP contribution in [0.25, 0.3) is 0 Å². The molecule has 2 N–H and O–H groups in total. The van der Waals surface area contributed by atoms with Crippen LogP contribution in [0.2, 0.25) is 0 Å². The van der Waals surface area contributed by atoms with E-state index in [1.165, 1.54) is 12.1 Å². The SMILES string of the molecule is O=C(O)c1cc(F)ccc1NC1CCCSC1. The predicted molar refractivity (Wildman–Crippen MR) is 67.3 cm³/mol. The van der Waals surface area contributed by atoms with Gasteiger partial charge in [0.1, 0.15) is 5.82 Å². The molecule has 0 amide bonds. The van der Waals surface area contributed by atoms with Gasteiger partial charge in [0.05, 0.1) is 5.56 Å². The Balaban J connectivity index is 2.16. The first-order valence-electron chi connectivity index (χ1n) is 5.54. The van der Waals surface area contributed by atoms with Crippen LogP contribution in [0, 0.1) is 5.82 Å². The van der Waals surface area contributed by atoms with Gasteiger partial charge in [0.2, 0.25) is 0 Å². The van der Waals surface area contributed by atoms with Crippen molar-refractivity contribution < 1.29 is 14.3 Å². The van der Waals surface area contributed by atoms with E-state index in [0.29, 0.717) is 5.69 Å². The Morgan fingerprint density at radius 3 is 3.00 bits per heavy atom. The summed E-state index contributed by atoms with van der Waals surface area (Å²) >= 11 is 1.86. The van der Waals surface area contributed by atoms with E-state index in [4.69, 9.17) is 5.11 Å². The second-order valence-corrected chi connectivity index (χ2v) is 5.20. The maximum Gasteiger partial charge on any atom is 0.337 e. The second-order valence-electron chi connectivity index (χ2n) is 4.05. The molecule has 0 aromatic heterocycles. The molecule has 0 bridgehead atoms. The highest BCUT2D eigenvalue weighted by Crippen LogP contribution is 2.23. The molecular weight excluding hydrogens is 241 g/mol. The van der Waals surface area contributed by atoms with Crippen molar-refractivity contribution in [2.75, 3.05) is 16.8 Å². The van der Waals surface area contributed by atoms with E-state index in [0.717, 1.165) is 30.4 Å². The fraction of sp³-hybridized carbons (Fsp3) is 0.417. The van der Waals surface area contributed by atoms with Crippen LogP contribution >= 0.6 is 11.8 Å². The smallest absolute Gasteiger partial charge is 0.337 e. The Hall–Kier alpha value is -1.23. The highest BCUT2D eigenvalue weighted by atomic mass is 32.2. The maximum absolute atomic E-state index is 13.0. The molecule has 17 heavy (non-hydrogen) atoms. The Kier molecular flexibility index (Phi) is 3.89. The largest absolute Gasteiger partial charge is 0.478 e. The Labute approximate surface area is 103 Å². The van der Waals surface area contributed by atoms with Crippen molar-refractivity contribution >= 4 is 23.4 Å². The topological polar surface area (TPSA) is 49.3 Å². The van der Waals surface area contributed by atoms with Gasteiger partial charge in [0.15, 0.2) is 0 Å². The Morgan fingerprint density at radius 1 is 1.53 bits per heavy atom. The van der Waals surface area contributed by atoms with E-state index in [1.807, 2.05) is 11.8 Å². The molecule has 0 spiro atoms. The number of aromatic carboxylic acids is 1. The molecule has 1 aliphatic rings. The minimum atomic E-state index is -1.10. The summed E-state index contributed by atoms with van der Waals surface area (Å²) in [5.74, 6) is 0.505. The number of thioether (sulfide) groups is 1. The van der Waals surface area contributed by atoms with Gasteiger partial charge in [-0.1, -0.05) is 0 Å². The molecule has 0 radical (unpaired) electrons. The molecule has 0 aliphatic carbocycles. The van der Waals surface area contributed by atoms with Crippen molar-refractivity contribution in [1.82, 2.24) is 0 Å². The molecule has 2 rings (SSSR count). The zero-order valence-corrected chi connectivity index (χ0v) is 10.1. The van der Waals surface area contributed by atoms with Crippen molar-refractivity contribution in [1.29, 1.82) is 0 Å². The molecule has 92 valence electrons. The minimum Gasteiger partial charge on any atom is -0.478 e. The molecule has 5 heteroatoms. The number of hydrogen-bond donors (Lipinski definition) is 2. The average Bonchev–Trinajstić information content (AvgIpc) is 2.32. The van der Waals surface area contributed by atoms with Gasteiger partial charge in [0.25, 0.3) is 0 Å². The summed E-state index contributed by atoms with van der Waals surface area (Å²) < 4.78 is 13.0. The molecule has 3 nitrogen and oxygen atoms in total. The quantitative estimate of drug-likeness (QED) is 0.872. The third-order valence-corrected chi connectivity index (χ3v) is 3.95. The molecule has 1 aromatic rings. The number of nitrogens with one attached hydrogen (secondary N) is 1.